The molecule has 1 atom stereocenters. The van der Waals surface area contributed by atoms with Crippen LogP contribution in [0.3, 0.4) is 0 Å². The molecule has 1 spiro atoms. The Hall–Kier alpha value is -2.87. The van der Waals surface area contributed by atoms with Crippen LogP contribution in [0.15, 0.2) is 39.5 Å². The predicted molar refractivity (Wildman–Crippen MR) is 109 cm³/mol. The van der Waals surface area contributed by atoms with E-state index in [0.717, 1.165) is 5.39 Å². The molecule has 8 nitrogen and oxygen atoms in total. The summed E-state index contributed by atoms with van der Waals surface area (Å²) in [6.45, 7) is 1.54. The Bertz CT molecular complexity index is 1010. The van der Waals surface area contributed by atoms with E-state index in [1.807, 2.05) is 7.05 Å². The number of fused-ring (bicyclic) bond motifs is 1. The molecule has 1 aromatic carbocycles. The first-order valence-electron chi connectivity index (χ1n) is 10.1. The molecule has 0 saturated carbocycles. The van der Waals surface area contributed by atoms with Crippen LogP contribution in [0, 0.1) is 5.41 Å². The zero-order valence-electron chi connectivity index (χ0n) is 17.3. The molecule has 0 N–H and O–H groups in total. The van der Waals surface area contributed by atoms with Crippen LogP contribution in [0.1, 0.15) is 19.3 Å². The molecule has 2 aromatic rings. The van der Waals surface area contributed by atoms with Gasteiger partial charge in [0.2, 0.25) is 5.91 Å². The molecule has 4 rings (SSSR count). The smallest absolute Gasteiger partial charge is 0.336 e. The zero-order valence-corrected chi connectivity index (χ0v) is 17.3. The number of benzene rings is 1. The van der Waals surface area contributed by atoms with Crippen LogP contribution in [-0.4, -0.2) is 68.1 Å². The van der Waals surface area contributed by atoms with Crippen LogP contribution >= 0.6 is 0 Å². The van der Waals surface area contributed by atoms with Crippen LogP contribution in [-0.2, 0) is 14.3 Å². The quantitative estimate of drug-likeness (QED) is 0.707. The molecule has 1 aromatic heterocycles. The fraction of sp³-hybridized carbons (Fsp3) is 0.500. The third-order valence-corrected chi connectivity index (χ3v) is 6.26. The molecule has 160 valence electrons. The molecular weight excluding hydrogens is 388 g/mol. The maximum absolute atomic E-state index is 12.8. The van der Waals surface area contributed by atoms with Gasteiger partial charge in [-0.15, -0.1) is 0 Å². The predicted octanol–water partition coefficient (Wildman–Crippen LogP) is 1.66. The lowest BCUT2D eigenvalue weighted by molar-refractivity contribution is -0.158. The SMILES string of the molecule is COC1CN(C)C(=O)C2(CCN(C(=O)COc3ccc4ccc(=O)oc4c3)CC2)C1. The van der Waals surface area contributed by atoms with Gasteiger partial charge in [0.05, 0.1) is 11.5 Å². The first-order chi connectivity index (χ1) is 14.4. The number of carbonyl (C=O) groups is 2. The molecule has 30 heavy (non-hydrogen) atoms. The van der Waals surface area contributed by atoms with Crippen molar-refractivity contribution in [1.82, 2.24) is 9.80 Å². The van der Waals surface area contributed by atoms with E-state index in [-0.39, 0.29) is 24.5 Å². The zero-order chi connectivity index (χ0) is 21.3. The van der Waals surface area contributed by atoms with Crippen molar-refractivity contribution in [3.05, 3.63) is 40.8 Å². The van der Waals surface area contributed by atoms with Crippen molar-refractivity contribution in [2.45, 2.75) is 25.4 Å². The third-order valence-electron chi connectivity index (χ3n) is 6.26. The summed E-state index contributed by atoms with van der Waals surface area (Å²) in [4.78, 5) is 40.3. The van der Waals surface area contributed by atoms with E-state index < -0.39 is 11.0 Å². The molecule has 1 unspecified atom stereocenters. The Morgan fingerprint density at radius 2 is 1.93 bits per heavy atom. The van der Waals surface area contributed by atoms with Crippen LogP contribution in [0.25, 0.3) is 11.0 Å². The van der Waals surface area contributed by atoms with Gasteiger partial charge in [-0.1, -0.05) is 0 Å². The minimum atomic E-state index is -0.443. The highest BCUT2D eigenvalue weighted by Crippen LogP contribution is 2.41. The van der Waals surface area contributed by atoms with E-state index in [2.05, 4.69) is 0 Å². The van der Waals surface area contributed by atoms with Crippen molar-refractivity contribution in [1.29, 1.82) is 0 Å². The Labute approximate surface area is 174 Å². The van der Waals surface area contributed by atoms with Gasteiger partial charge in [0, 0.05) is 51.3 Å². The van der Waals surface area contributed by atoms with Gasteiger partial charge in [-0.05, 0) is 37.5 Å². The first kappa shape index (κ1) is 20.4. The number of nitrogens with zero attached hydrogens (tertiary/aromatic N) is 2. The van der Waals surface area contributed by atoms with Crippen molar-refractivity contribution in [2.75, 3.05) is 40.4 Å². The lowest BCUT2D eigenvalue weighted by Crippen LogP contribution is -2.57. The summed E-state index contributed by atoms with van der Waals surface area (Å²) in [6, 6.07) is 8.16. The van der Waals surface area contributed by atoms with E-state index in [1.54, 1.807) is 41.2 Å². The standard InChI is InChI=1S/C22H26N2O6/c1-23-13-17(28-2)12-22(21(23)27)7-9-24(10-8-22)19(25)14-29-16-5-3-15-4-6-20(26)30-18(15)11-16/h3-6,11,17H,7-10,12-14H2,1-2H3. The molecule has 2 amide bonds. The molecular formula is C22H26N2O6. The minimum Gasteiger partial charge on any atom is -0.484 e. The lowest BCUT2D eigenvalue weighted by Gasteiger charge is -2.47. The molecule has 8 heteroatoms. The highest BCUT2D eigenvalue weighted by Gasteiger charge is 2.48. The van der Waals surface area contributed by atoms with Crippen LogP contribution in [0.5, 0.6) is 5.75 Å². The second kappa shape index (κ2) is 8.10. The Balaban J connectivity index is 1.35. The summed E-state index contributed by atoms with van der Waals surface area (Å²) >= 11 is 0. The van der Waals surface area contributed by atoms with E-state index in [1.165, 1.54) is 6.07 Å². The molecule has 2 saturated heterocycles. The number of carbonyl (C=O) groups excluding carboxylic acids is 2. The Kier molecular flexibility index (Phi) is 5.51. The second-order valence-electron chi connectivity index (χ2n) is 8.15. The van der Waals surface area contributed by atoms with Gasteiger partial charge in [0.15, 0.2) is 6.61 Å². The lowest BCUT2D eigenvalue weighted by atomic mass is 9.71. The minimum absolute atomic E-state index is 0.0336. The third kappa shape index (κ3) is 3.92. The Morgan fingerprint density at radius 3 is 2.67 bits per heavy atom. The van der Waals surface area contributed by atoms with Crippen molar-refractivity contribution in [2.24, 2.45) is 5.41 Å². The number of piperidine rings is 2. The second-order valence-corrected chi connectivity index (χ2v) is 8.15. The van der Waals surface area contributed by atoms with Gasteiger partial charge in [-0.25, -0.2) is 4.79 Å². The number of hydrogen-bond donors (Lipinski definition) is 0. The topological polar surface area (TPSA) is 89.3 Å². The average molecular weight is 414 g/mol. The molecule has 2 aliphatic heterocycles. The van der Waals surface area contributed by atoms with E-state index in [0.29, 0.717) is 50.2 Å². The van der Waals surface area contributed by atoms with Gasteiger partial charge in [0.1, 0.15) is 11.3 Å². The molecule has 0 bridgehead atoms. The first-order valence-corrected chi connectivity index (χ1v) is 10.1. The van der Waals surface area contributed by atoms with E-state index >= 15 is 0 Å². The highest BCUT2D eigenvalue weighted by molar-refractivity contribution is 5.84. The van der Waals surface area contributed by atoms with E-state index in [9.17, 15) is 14.4 Å². The maximum Gasteiger partial charge on any atom is 0.336 e. The van der Waals surface area contributed by atoms with Crippen molar-refractivity contribution in [3.8, 4) is 5.75 Å². The van der Waals surface area contributed by atoms with Crippen LogP contribution in [0.2, 0.25) is 0 Å². The number of amides is 2. The summed E-state index contributed by atoms with van der Waals surface area (Å²) in [7, 11) is 3.49. The van der Waals surface area contributed by atoms with Crippen molar-refractivity contribution < 1.29 is 23.5 Å². The largest absolute Gasteiger partial charge is 0.484 e. The van der Waals surface area contributed by atoms with Gasteiger partial charge >= 0.3 is 5.63 Å². The summed E-state index contributed by atoms with van der Waals surface area (Å²) < 4.78 is 16.3. The van der Waals surface area contributed by atoms with Gasteiger partial charge in [-0.2, -0.15) is 0 Å². The van der Waals surface area contributed by atoms with Crippen molar-refractivity contribution in [3.63, 3.8) is 0 Å². The fourth-order valence-corrected chi connectivity index (χ4v) is 4.51. The number of hydrogen-bond acceptors (Lipinski definition) is 6. The summed E-state index contributed by atoms with van der Waals surface area (Å²) in [6.07, 6.45) is 1.99. The number of likely N-dealkylation sites (N-methyl/N-ethyl adjacent to an activating group) is 1. The number of rotatable bonds is 4. The average Bonchev–Trinajstić information content (AvgIpc) is 2.75. The summed E-state index contributed by atoms with van der Waals surface area (Å²) in [5.41, 5.74) is -0.460. The monoisotopic (exact) mass is 414 g/mol. The molecule has 2 aliphatic rings. The van der Waals surface area contributed by atoms with Crippen molar-refractivity contribution >= 4 is 22.8 Å². The van der Waals surface area contributed by atoms with Crippen LogP contribution in [0.4, 0.5) is 0 Å². The van der Waals surface area contributed by atoms with Crippen LogP contribution < -0.4 is 10.4 Å². The van der Waals surface area contributed by atoms with Gasteiger partial charge in [0.25, 0.3) is 5.91 Å². The molecule has 2 fully saturated rings. The van der Waals surface area contributed by atoms with Gasteiger partial charge < -0.3 is 23.7 Å². The van der Waals surface area contributed by atoms with E-state index in [4.69, 9.17) is 13.9 Å². The number of ether oxygens (including phenoxy) is 2. The fourth-order valence-electron chi connectivity index (χ4n) is 4.51. The highest BCUT2D eigenvalue weighted by atomic mass is 16.5. The summed E-state index contributed by atoms with van der Waals surface area (Å²) in [5.74, 6) is 0.488. The maximum atomic E-state index is 12.8. The van der Waals surface area contributed by atoms with Gasteiger partial charge in [-0.3, -0.25) is 9.59 Å². The number of likely N-dealkylation sites (tertiary alicyclic amines) is 2. The molecule has 3 heterocycles. The Morgan fingerprint density at radius 1 is 1.20 bits per heavy atom. The molecule has 0 aliphatic carbocycles. The summed E-state index contributed by atoms with van der Waals surface area (Å²) in [5, 5.41) is 0.783. The number of methoxy groups -OCH3 is 1. The normalized spacial score (nSPS) is 21.3. The molecule has 0 radical (unpaired) electrons.